The van der Waals surface area contributed by atoms with Gasteiger partial charge in [-0.05, 0) is 29.8 Å². The van der Waals surface area contributed by atoms with Crippen molar-refractivity contribution >= 4 is 5.91 Å². The van der Waals surface area contributed by atoms with Gasteiger partial charge in [0.15, 0.2) is 0 Å². The summed E-state index contributed by atoms with van der Waals surface area (Å²) in [4.78, 5) is 13.0. The van der Waals surface area contributed by atoms with E-state index >= 15 is 0 Å². The number of carbonyl (C=O) groups is 1. The quantitative estimate of drug-likeness (QED) is 0.536. The number of aromatic nitrogens is 2. The number of amides is 1. The molecule has 144 valence electrons. The summed E-state index contributed by atoms with van der Waals surface area (Å²) in [7, 11) is 1.53. The third kappa shape index (κ3) is 4.01. The largest absolute Gasteiger partial charge is 0.496 e. The first-order valence-electron chi connectivity index (χ1n) is 9.14. The number of para-hydroxylation sites is 1. The number of hydrogen-bond acceptors (Lipinski definition) is 5. The zero-order chi connectivity index (χ0) is 20.1. The van der Waals surface area contributed by atoms with Gasteiger partial charge >= 0.3 is 0 Å². The highest BCUT2D eigenvalue weighted by molar-refractivity contribution is 5.97. The van der Waals surface area contributed by atoms with Crippen molar-refractivity contribution in [2.24, 2.45) is 0 Å². The van der Waals surface area contributed by atoms with E-state index in [1.54, 1.807) is 18.2 Å². The first-order chi connectivity index (χ1) is 14.3. The second kappa shape index (κ2) is 8.39. The van der Waals surface area contributed by atoms with Gasteiger partial charge in [0, 0.05) is 5.56 Å². The van der Waals surface area contributed by atoms with Gasteiger partial charge in [-0.1, -0.05) is 60.7 Å². The molecule has 1 heterocycles. The Morgan fingerprint density at radius 2 is 1.55 bits per heavy atom. The minimum Gasteiger partial charge on any atom is -0.496 e. The Morgan fingerprint density at radius 1 is 0.897 bits per heavy atom. The summed E-state index contributed by atoms with van der Waals surface area (Å²) in [5, 5.41) is 11.3. The third-order valence-corrected chi connectivity index (χ3v) is 4.47. The maximum absolute atomic E-state index is 13.0. The Kier molecular flexibility index (Phi) is 5.33. The molecule has 0 spiro atoms. The van der Waals surface area contributed by atoms with E-state index in [0.717, 1.165) is 11.1 Å². The summed E-state index contributed by atoms with van der Waals surface area (Å²) in [6.45, 7) is 0. The fourth-order valence-electron chi connectivity index (χ4n) is 3.02. The van der Waals surface area contributed by atoms with Crippen LogP contribution in [0.2, 0.25) is 0 Å². The Balaban J connectivity index is 1.68. The van der Waals surface area contributed by atoms with Crippen molar-refractivity contribution in [3.8, 4) is 17.2 Å². The lowest BCUT2D eigenvalue weighted by Gasteiger charge is -2.16. The van der Waals surface area contributed by atoms with E-state index < -0.39 is 6.04 Å². The van der Waals surface area contributed by atoms with Crippen molar-refractivity contribution in [2.45, 2.75) is 6.04 Å². The molecule has 0 saturated carbocycles. The van der Waals surface area contributed by atoms with Crippen LogP contribution in [-0.2, 0) is 0 Å². The van der Waals surface area contributed by atoms with Crippen LogP contribution in [0.15, 0.2) is 89.3 Å². The highest BCUT2D eigenvalue weighted by atomic mass is 16.5. The molecule has 1 N–H and O–H groups in total. The van der Waals surface area contributed by atoms with Gasteiger partial charge in [-0.25, -0.2) is 0 Å². The van der Waals surface area contributed by atoms with Gasteiger partial charge in [-0.2, -0.15) is 0 Å². The van der Waals surface area contributed by atoms with Crippen molar-refractivity contribution < 1.29 is 13.9 Å². The molecule has 0 fully saturated rings. The van der Waals surface area contributed by atoms with Crippen LogP contribution in [0.25, 0.3) is 11.5 Å². The molecular formula is C23H19N3O3. The van der Waals surface area contributed by atoms with Gasteiger partial charge in [0.25, 0.3) is 5.91 Å². The van der Waals surface area contributed by atoms with E-state index in [2.05, 4.69) is 15.5 Å². The number of nitrogens with zero attached hydrogens (tertiary/aromatic N) is 2. The molecule has 0 unspecified atom stereocenters. The van der Waals surface area contributed by atoms with Crippen molar-refractivity contribution in [2.75, 3.05) is 7.11 Å². The number of benzene rings is 3. The smallest absolute Gasteiger partial charge is 0.255 e. The fourth-order valence-corrected chi connectivity index (χ4v) is 3.02. The molecule has 29 heavy (non-hydrogen) atoms. The number of rotatable bonds is 6. The summed E-state index contributed by atoms with van der Waals surface area (Å²) in [5.41, 5.74) is 2.08. The number of methoxy groups -OCH3 is 1. The summed E-state index contributed by atoms with van der Waals surface area (Å²) in [6.07, 6.45) is 0. The van der Waals surface area contributed by atoms with E-state index in [1.165, 1.54) is 7.11 Å². The second-order valence-corrected chi connectivity index (χ2v) is 6.33. The van der Waals surface area contributed by atoms with Gasteiger partial charge in [-0.3, -0.25) is 4.79 Å². The minimum atomic E-state index is -0.599. The number of ether oxygens (including phenoxy) is 1. The minimum absolute atomic E-state index is 0.296. The monoisotopic (exact) mass is 385 g/mol. The Bertz CT molecular complexity index is 1090. The molecule has 1 amide bonds. The van der Waals surface area contributed by atoms with Crippen LogP contribution in [0, 0.1) is 0 Å². The highest BCUT2D eigenvalue weighted by Crippen LogP contribution is 2.26. The Labute approximate surface area is 168 Å². The standard InChI is InChI=1S/C23H19N3O3/c1-28-19-15-9-8-14-18(19)21(27)24-20(16-10-4-2-5-11-16)23-26-25-22(29-23)17-12-6-3-7-13-17/h2-15,20H,1H3,(H,24,27)/t20-/m0/s1. The molecule has 0 aliphatic heterocycles. The molecular weight excluding hydrogens is 366 g/mol. The third-order valence-electron chi connectivity index (χ3n) is 4.47. The fraction of sp³-hybridized carbons (Fsp3) is 0.0870. The zero-order valence-electron chi connectivity index (χ0n) is 15.8. The van der Waals surface area contributed by atoms with Crippen molar-refractivity contribution in [3.05, 3.63) is 102 Å². The van der Waals surface area contributed by atoms with Crippen LogP contribution >= 0.6 is 0 Å². The summed E-state index contributed by atoms with van der Waals surface area (Å²) >= 11 is 0. The van der Waals surface area contributed by atoms with E-state index in [1.807, 2.05) is 66.7 Å². The number of carbonyl (C=O) groups excluding carboxylic acids is 1. The number of nitrogens with one attached hydrogen (secondary N) is 1. The molecule has 3 aromatic carbocycles. The second-order valence-electron chi connectivity index (χ2n) is 6.33. The summed E-state index contributed by atoms with van der Waals surface area (Å²) in [5.74, 6) is 0.898. The first-order valence-corrected chi connectivity index (χ1v) is 9.14. The van der Waals surface area contributed by atoms with Gasteiger partial charge in [0.2, 0.25) is 11.8 Å². The number of hydrogen-bond donors (Lipinski definition) is 1. The average molecular weight is 385 g/mol. The molecule has 0 radical (unpaired) electrons. The molecule has 1 atom stereocenters. The van der Waals surface area contributed by atoms with Crippen LogP contribution in [0.1, 0.15) is 27.9 Å². The molecule has 0 saturated heterocycles. The molecule has 4 rings (SSSR count). The molecule has 1 aromatic heterocycles. The molecule has 6 nitrogen and oxygen atoms in total. The van der Waals surface area contributed by atoms with Crippen LogP contribution in [-0.4, -0.2) is 23.2 Å². The van der Waals surface area contributed by atoms with E-state index in [4.69, 9.17) is 9.15 Å². The van der Waals surface area contributed by atoms with E-state index in [9.17, 15) is 4.79 Å². The van der Waals surface area contributed by atoms with Gasteiger partial charge in [0.1, 0.15) is 11.8 Å². The van der Waals surface area contributed by atoms with Crippen LogP contribution in [0.4, 0.5) is 0 Å². The lowest BCUT2D eigenvalue weighted by Crippen LogP contribution is -2.29. The maximum Gasteiger partial charge on any atom is 0.255 e. The van der Waals surface area contributed by atoms with Crippen LogP contribution in [0.5, 0.6) is 5.75 Å². The van der Waals surface area contributed by atoms with Crippen LogP contribution in [0.3, 0.4) is 0 Å². The lowest BCUT2D eigenvalue weighted by molar-refractivity contribution is 0.0935. The predicted octanol–water partition coefficient (Wildman–Crippen LogP) is 4.26. The van der Waals surface area contributed by atoms with Crippen molar-refractivity contribution in [1.82, 2.24) is 15.5 Å². The topological polar surface area (TPSA) is 77.2 Å². The lowest BCUT2D eigenvalue weighted by atomic mass is 10.1. The van der Waals surface area contributed by atoms with Gasteiger partial charge in [-0.15, -0.1) is 10.2 Å². The Morgan fingerprint density at radius 3 is 2.28 bits per heavy atom. The highest BCUT2D eigenvalue weighted by Gasteiger charge is 2.25. The van der Waals surface area contributed by atoms with Crippen molar-refractivity contribution in [1.29, 1.82) is 0 Å². The van der Waals surface area contributed by atoms with E-state index in [0.29, 0.717) is 23.1 Å². The molecule has 0 bridgehead atoms. The average Bonchev–Trinajstić information content (AvgIpc) is 3.28. The summed E-state index contributed by atoms with van der Waals surface area (Å²) < 4.78 is 11.2. The van der Waals surface area contributed by atoms with Crippen molar-refractivity contribution in [3.63, 3.8) is 0 Å². The molecule has 0 aliphatic rings. The van der Waals surface area contributed by atoms with E-state index in [-0.39, 0.29) is 5.91 Å². The maximum atomic E-state index is 13.0. The van der Waals surface area contributed by atoms with Gasteiger partial charge in [0.05, 0.1) is 12.7 Å². The van der Waals surface area contributed by atoms with Gasteiger partial charge < -0.3 is 14.5 Å². The molecule has 4 aromatic rings. The SMILES string of the molecule is COc1ccccc1C(=O)N[C@@H](c1ccccc1)c1nnc(-c2ccccc2)o1. The predicted molar refractivity (Wildman–Crippen MR) is 108 cm³/mol. The summed E-state index contributed by atoms with van der Waals surface area (Å²) in [6, 6.07) is 25.5. The molecule has 0 aliphatic carbocycles. The first kappa shape index (κ1) is 18.4. The normalized spacial score (nSPS) is 11.6. The van der Waals surface area contributed by atoms with Crippen LogP contribution < -0.4 is 10.1 Å². The Hall–Kier alpha value is -3.93. The molecule has 6 heteroatoms. The zero-order valence-corrected chi connectivity index (χ0v) is 15.8.